The van der Waals surface area contributed by atoms with Crippen molar-refractivity contribution in [2.75, 3.05) is 0 Å². The minimum absolute atomic E-state index is 0.425. The molecule has 1 N–H and O–H groups in total. The highest BCUT2D eigenvalue weighted by Gasteiger charge is 2.13. The van der Waals surface area contributed by atoms with Crippen LogP contribution in [0.4, 0.5) is 0 Å². The monoisotopic (exact) mass is 310 g/mol. The number of hydrogen-bond acceptors (Lipinski definition) is 2. The largest absolute Gasteiger partial charge is 0.387 e. The third-order valence-electron chi connectivity index (χ3n) is 2.95. The zero-order chi connectivity index (χ0) is 12.4. The molecule has 0 spiro atoms. The van der Waals surface area contributed by atoms with E-state index in [1.54, 1.807) is 11.3 Å². The van der Waals surface area contributed by atoms with Crippen LogP contribution in [0.2, 0.25) is 0 Å². The van der Waals surface area contributed by atoms with Crippen LogP contribution in [0.15, 0.2) is 34.1 Å². The number of aliphatic hydroxyl groups is 1. The van der Waals surface area contributed by atoms with Gasteiger partial charge in [0.2, 0.25) is 0 Å². The minimum Gasteiger partial charge on any atom is -0.387 e. The van der Waals surface area contributed by atoms with Gasteiger partial charge in [-0.25, -0.2) is 0 Å². The number of halogens is 1. The van der Waals surface area contributed by atoms with Crippen LogP contribution in [0.1, 0.15) is 27.7 Å². The summed E-state index contributed by atoms with van der Waals surface area (Å²) in [4.78, 5) is 1.00. The highest BCUT2D eigenvalue weighted by atomic mass is 79.9. The molecule has 1 aromatic heterocycles. The topological polar surface area (TPSA) is 20.2 Å². The van der Waals surface area contributed by atoms with E-state index >= 15 is 0 Å². The number of rotatable bonds is 3. The van der Waals surface area contributed by atoms with Gasteiger partial charge < -0.3 is 5.11 Å². The summed E-state index contributed by atoms with van der Waals surface area (Å²) in [6.07, 6.45) is 0.242. The molecule has 0 saturated heterocycles. The summed E-state index contributed by atoms with van der Waals surface area (Å²) >= 11 is 5.04. The Morgan fingerprint density at radius 3 is 2.59 bits per heavy atom. The molecule has 1 aromatic carbocycles. The Morgan fingerprint density at radius 2 is 2.00 bits per heavy atom. The van der Waals surface area contributed by atoms with E-state index < -0.39 is 6.10 Å². The average Bonchev–Trinajstić information content (AvgIpc) is 2.70. The lowest BCUT2D eigenvalue weighted by molar-refractivity contribution is 0.181. The lowest BCUT2D eigenvalue weighted by atomic mass is 10.0. The van der Waals surface area contributed by atoms with E-state index in [0.717, 1.165) is 9.35 Å². The van der Waals surface area contributed by atoms with Crippen molar-refractivity contribution in [3.8, 4) is 0 Å². The molecule has 0 saturated carbocycles. The Labute approximate surface area is 114 Å². The van der Waals surface area contributed by atoms with Crippen molar-refractivity contribution in [2.45, 2.75) is 26.4 Å². The molecule has 17 heavy (non-hydrogen) atoms. The number of benzene rings is 1. The van der Waals surface area contributed by atoms with E-state index in [-0.39, 0.29) is 0 Å². The van der Waals surface area contributed by atoms with Gasteiger partial charge in [-0.2, -0.15) is 0 Å². The quantitative estimate of drug-likeness (QED) is 0.890. The van der Waals surface area contributed by atoms with Gasteiger partial charge in [0, 0.05) is 15.8 Å². The number of aryl methyl sites for hydroxylation is 2. The molecule has 0 fully saturated rings. The molecule has 0 aliphatic rings. The van der Waals surface area contributed by atoms with Crippen LogP contribution < -0.4 is 0 Å². The average molecular weight is 311 g/mol. The zero-order valence-corrected chi connectivity index (χ0v) is 12.3. The lowest BCUT2D eigenvalue weighted by Crippen LogP contribution is -2.00. The first-order valence-corrected chi connectivity index (χ1v) is 7.22. The van der Waals surface area contributed by atoms with Crippen LogP contribution in [-0.2, 0) is 6.42 Å². The Morgan fingerprint density at radius 1 is 1.24 bits per heavy atom. The Kier molecular flexibility index (Phi) is 4.02. The van der Waals surface area contributed by atoms with Crippen LogP contribution >= 0.6 is 27.3 Å². The van der Waals surface area contributed by atoms with Crippen LogP contribution in [-0.4, -0.2) is 5.11 Å². The summed E-state index contributed by atoms with van der Waals surface area (Å²) in [6, 6.07) is 8.33. The fraction of sp³-hybridized carbons (Fsp3) is 0.286. The van der Waals surface area contributed by atoms with Crippen molar-refractivity contribution in [2.24, 2.45) is 0 Å². The highest BCUT2D eigenvalue weighted by Crippen LogP contribution is 2.31. The molecule has 0 aliphatic carbocycles. The van der Waals surface area contributed by atoms with Crippen molar-refractivity contribution in [1.29, 1.82) is 0 Å². The van der Waals surface area contributed by atoms with Crippen molar-refractivity contribution in [3.63, 3.8) is 0 Å². The summed E-state index contributed by atoms with van der Waals surface area (Å²) in [5.41, 5.74) is 3.75. The number of thiophene rings is 1. The van der Waals surface area contributed by atoms with E-state index in [2.05, 4.69) is 48.0 Å². The second-order valence-corrected chi connectivity index (χ2v) is 6.07. The molecule has 0 aliphatic heterocycles. The maximum atomic E-state index is 10.2. The van der Waals surface area contributed by atoms with E-state index in [9.17, 15) is 5.11 Å². The second kappa shape index (κ2) is 5.34. The van der Waals surface area contributed by atoms with Gasteiger partial charge in [0.25, 0.3) is 0 Å². The van der Waals surface area contributed by atoms with Crippen LogP contribution in [0, 0.1) is 13.8 Å². The summed E-state index contributed by atoms with van der Waals surface area (Å²) in [5, 5.41) is 12.2. The predicted molar refractivity (Wildman–Crippen MR) is 76.6 cm³/mol. The third-order valence-corrected chi connectivity index (χ3v) is 4.92. The van der Waals surface area contributed by atoms with E-state index in [1.807, 2.05) is 11.4 Å². The molecule has 1 unspecified atom stereocenters. The van der Waals surface area contributed by atoms with Crippen molar-refractivity contribution >= 4 is 27.3 Å². The highest BCUT2D eigenvalue weighted by molar-refractivity contribution is 9.10. The Hall–Kier alpha value is -0.640. The lowest BCUT2D eigenvalue weighted by Gasteiger charge is -2.11. The first-order valence-electron chi connectivity index (χ1n) is 5.55. The summed E-state index contributed by atoms with van der Waals surface area (Å²) < 4.78 is 0.999. The zero-order valence-electron chi connectivity index (χ0n) is 9.90. The maximum absolute atomic E-state index is 10.2. The molecule has 2 aromatic rings. The van der Waals surface area contributed by atoms with Crippen molar-refractivity contribution in [3.05, 3.63) is 55.7 Å². The Bertz CT molecular complexity index is 519. The third kappa shape index (κ3) is 2.97. The molecule has 1 heterocycles. The van der Waals surface area contributed by atoms with Gasteiger partial charge in [-0.3, -0.25) is 0 Å². The Balaban J connectivity index is 2.16. The normalized spacial score (nSPS) is 12.7. The molecule has 2 rings (SSSR count). The molecule has 0 bridgehead atoms. The van der Waals surface area contributed by atoms with Gasteiger partial charge in [0.15, 0.2) is 0 Å². The minimum atomic E-state index is -0.425. The van der Waals surface area contributed by atoms with E-state index in [4.69, 9.17) is 0 Å². The van der Waals surface area contributed by atoms with Crippen LogP contribution in [0.3, 0.4) is 0 Å². The molecular weight excluding hydrogens is 296 g/mol. The standard InChI is InChI=1S/C14H15BrOS/c1-9-3-4-11(7-10(9)2)8-13(16)14-12(15)5-6-17-14/h3-7,13,16H,8H2,1-2H3. The van der Waals surface area contributed by atoms with Gasteiger partial charge in [-0.05, 0) is 57.9 Å². The first-order chi connectivity index (χ1) is 8.08. The van der Waals surface area contributed by atoms with E-state index in [1.165, 1.54) is 16.7 Å². The number of hydrogen-bond donors (Lipinski definition) is 1. The van der Waals surface area contributed by atoms with Gasteiger partial charge >= 0.3 is 0 Å². The number of aliphatic hydroxyl groups excluding tert-OH is 1. The van der Waals surface area contributed by atoms with Crippen molar-refractivity contribution in [1.82, 2.24) is 0 Å². The molecule has 90 valence electrons. The molecular formula is C14H15BrOS. The fourth-order valence-electron chi connectivity index (χ4n) is 1.79. The smallest absolute Gasteiger partial charge is 0.0933 e. The summed E-state index contributed by atoms with van der Waals surface area (Å²) in [6.45, 7) is 4.21. The predicted octanol–water partition coefficient (Wildman–Crippen LogP) is 4.40. The molecule has 1 nitrogen and oxygen atoms in total. The fourth-order valence-corrected chi connectivity index (χ4v) is 3.41. The SMILES string of the molecule is Cc1ccc(CC(O)c2sccc2Br)cc1C. The molecule has 3 heteroatoms. The van der Waals surface area contributed by atoms with Gasteiger partial charge in [-0.1, -0.05) is 18.2 Å². The maximum Gasteiger partial charge on any atom is 0.0933 e. The van der Waals surface area contributed by atoms with Crippen LogP contribution in [0.25, 0.3) is 0 Å². The second-order valence-electron chi connectivity index (χ2n) is 4.27. The van der Waals surface area contributed by atoms with Gasteiger partial charge in [-0.15, -0.1) is 11.3 Å². The summed E-state index contributed by atoms with van der Waals surface area (Å²) in [7, 11) is 0. The molecule has 1 atom stereocenters. The molecule has 0 amide bonds. The van der Waals surface area contributed by atoms with Crippen molar-refractivity contribution < 1.29 is 5.11 Å². The van der Waals surface area contributed by atoms with Gasteiger partial charge in [0.05, 0.1) is 6.10 Å². The summed E-state index contributed by atoms with van der Waals surface area (Å²) in [5.74, 6) is 0. The molecule has 0 radical (unpaired) electrons. The first kappa shape index (κ1) is 12.8. The van der Waals surface area contributed by atoms with Crippen LogP contribution in [0.5, 0.6) is 0 Å². The van der Waals surface area contributed by atoms with Gasteiger partial charge in [0.1, 0.15) is 0 Å². The van der Waals surface area contributed by atoms with E-state index in [0.29, 0.717) is 6.42 Å².